The number of halogens is 1. The number of likely N-dealkylation sites (tertiary alicyclic amines) is 1. The van der Waals surface area contributed by atoms with Gasteiger partial charge in [0.2, 0.25) is 0 Å². The number of fused-ring (bicyclic) bond motifs is 1. The van der Waals surface area contributed by atoms with Crippen molar-refractivity contribution in [1.29, 1.82) is 0 Å². The molecular weight excluding hydrogens is 389 g/mol. The lowest BCUT2D eigenvalue weighted by molar-refractivity contribution is -0.897. The summed E-state index contributed by atoms with van der Waals surface area (Å²) in [6.07, 6.45) is 1.76. The third-order valence-electron chi connectivity index (χ3n) is 5.49. The second-order valence-electron chi connectivity index (χ2n) is 7.47. The number of nitrogens with one attached hydrogen (secondary N) is 2. The van der Waals surface area contributed by atoms with Gasteiger partial charge in [-0.3, -0.25) is 4.79 Å². The van der Waals surface area contributed by atoms with Crippen molar-refractivity contribution < 1.29 is 23.6 Å². The predicted octanol–water partition coefficient (Wildman–Crippen LogP) is 1.45. The van der Waals surface area contributed by atoms with Crippen LogP contribution in [0.25, 0.3) is 11.0 Å². The van der Waals surface area contributed by atoms with Gasteiger partial charge in [0.1, 0.15) is 22.8 Å². The minimum Gasteiger partial charge on any atom is -0.497 e. The van der Waals surface area contributed by atoms with Gasteiger partial charge in [0, 0.05) is 42.8 Å². The Morgan fingerprint density at radius 2 is 1.87 bits per heavy atom. The van der Waals surface area contributed by atoms with E-state index in [1.165, 1.54) is 17.0 Å². The SMILES string of the molecule is COc1cc(NC(=O)C[NH+]2CCC(n3nnc4cc(F)ccc43)CC2)cc(OC)c1. The molecule has 1 aliphatic rings. The summed E-state index contributed by atoms with van der Waals surface area (Å²) in [6, 6.07) is 10.0. The van der Waals surface area contributed by atoms with Crippen molar-refractivity contribution in [2.75, 3.05) is 39.2 Å². The number of quaternary nitrogens is 1. The summed E-state index contributed by atoms with van der Waals surface area (Å²) in [5, 5.41) is 11.2. The van der Waals surface area contributed by atoms with Crippen molar-refractivity contribution in [2.45, 2.75) is 18.9 Å². The third-order valence-corrected chi connectivity index (χ3v) is 5.49. The van der Waals surface area contributed by atoms with Crippen LogP contribution in [0.5, 0.6) is 11.5 Å². The van der Waals surface area contributed by atoms with E-state index in [-0.39, 0.29) is 17.8 Å². The molecule has 0 unspecified atom stereocenters. The molecule has 1 aliphatic heterocycles. The van der Waals surface area contributed by atoms with Gasteiger partial charge in [-0.05, 0) is 12.1 Å². The second kappa shape index (κ2) is 8.66. The molecule has 0 radical (unpaired) electrons. The molecule has 9 heteroatoms. The van der Waals surface area contributed by atoms with E-state index in [1.54, 1.807) is 38.5 Å². The Morgan fingerprint density at radius 3 is 2.53 bits per heavy atom. The van der Waals surface area contributed by atoms with Crippen LogP contribution in [0, 0.1) is 5.82 Å². The molecule has 1 fully saturated rings. The van der Waals surface area contributed by atoms with Crippen molar-refractivity contribution in [3.8, 4) is 11.5 Å². The van der Waals surface area contributed by atoms with E-state index in [1.807, 2.05) is 4.68 Å². The van der Waals surface area contributed by atoms with Gasteiger partial charge in [0.05, 0.1) is 38.9 Å². The number of amides is 1. The van der Waals surface area contributed by atoms with Gasteiger partial charge < -0.3 is 19.7 Å². The molecule has 1 saturated heterocycles. The van der Waals surface area contributed by atoms with Crippen molar-refractivity contribution in [3.63, 3.8) is 0 Å². The fourth-order valence-corrected chi connectivity index (χ4v) is 3.93. The first-order valence-electron chi connectivity index (χ1n) is 9.92. The number of hydrogen-bond acceptors (Lipinski definition) is 5. The Morgan fingerprint density at radius 1 is 1.17 bits per heavy atom. The number of aromatic nitrogens is 3. The Labute approximate surface area is 173 Å². The van der Waals surface area contributed by atoms with Crippen LogP contribution in [0.15, 0.2) is 36.4 Å². The number of piperidine rings is 1. The summed E-state index contributed by atoms with van der Waals surface area (Å²) in [7, 11) is 3.15. The highest BCUT2D eigenvalue weighted by molar-refractivity contribution is 5.91. The molecule has 0 saturated carbocycles. The maximum atomic E-state index is 13.4. The molecule has 158 valence electrons. The van der Waals surface area contributed by atoms with Crippen molar-refractivity contribution >= 4 is 22.6 Å². The van der Waals surface area contributed by atoms with Gasteiger partial charge in [-0.1, -0.05) is 5.21 Å². The average molecular weight is 414 g/mol. The van der Waals surface area contributed by atoms with Gasteiger partial charge >= 0.3 is 0 Å². The molecule has 1 amide bonds. The Balaban J connectivity index is 1.34. The maximum Gasteiger partial charge on any atom is 0.279 e. The number of carbonyl (C=O) groups is 1. The maximum absolute atomic E-state index is 13.4. The van der Waals surface area contributed by atoms with Crippen LogP contribution in [0.1, 0.15) is 18.9 Å². The van der Waals surface area contributed by atoms with Gasteiger partial charge in [0.15, 0.2) is 6.54 Å². The molecule has 8 nitrogen and oxygen atoms in total. The van der Waals surface area contributed by atoms with Crippen LogP contribution in [-0.4, -0.2) is 54.8 Å². The van der Waals surface area contributed by atoms with E-state index in [0.29, 0.717) is 29.2 Å². The van der Waals surface area contributed by atoms with E-state index in [2.05, 4.69) is 15.6 Å². The Hall–Kier alpha value is -3.20. The number of ether oxygens (including phenoxy) is 2. The summed E-state index contributed by atoms with van der Waals surface area (Å²) >= 11 is 0. The second-order valence-corrected chi connectivity index (χ2v) is 7.47. The molecule has 2 N–H and O–H groups in total. The molecular formula is C21H25FN5O3+. The number of carbonyl (C=O) groups excluding carboxylic acids is 1. The average Bonchev–Trinajstić information content (AvgIpc) is 3.16. The predicted molar refractivity (Wildman–Crippen MR) is 109 cm³/mol. The lowest BCUT2D eigenvalue weighted by atomic mass is 10.0. The zero-order valence-corrected chi connectivity index (χ0v) is 17.0. The Kier molecular flexibility index (Phi) is 5.80. The summed E-state index contributed by atoms with van der Waals surface area (Å²) in [6.45, 7) is 2.08. The van der Waals surface area contributed by atoms with Crippen LogP contribution in [0.4, 0.5) is 10.1 Å². The minimum atomic E-state index is -0.312. The largest absolute Gasteiger partial charge is 0.497 e. The number of methoxy groups -OCH3 is 2. The molecule has 0 atom stereocenters. The number of rotatable bonds is 6. The molecule has 0 aliphatic carbocycles. The molecule has 2 heterocycles. The monoisotopic (exact) mass is 414 g/mol. The lowest BCUT2D eigenvalue weighted by Crippen LogP contribution is -3.14. The standard InChI is InChI=1S/C21H24FN5O3/c1-29-17-10-15(11-18(12-17)30-2)23-21(28)13-26-7-5-16(6-8-26)27-20-4-3-14(22)9-19(20)24-25-27/h3-4,9-12,16H,5-8,13H2,1-2H3,(H,23,28)/p+1. The van der Waals surface area contributed by atoms with E-state index in [9.17, 15) is 9.18 Å². The number of hydrogen-bond donors (Lipinski definition) is 2. The van der Waals surface area contributed by atoms with Gasteiger partial charge in [0.25, 0.3) is 5.91 Å². The number of nitrogens with zero attached hydrogens (tertiary/aromatic N) is 3. The zero-order chi connectivity index (χ0) is 21.1. The fourth-order valence-electron chi connectivity index (χ4n) is 3.93. The highest BCUT2D eigenvalue weighted by atomic mass is 19.1. The smallest absolute Gasteiger partial charge is 0.279 e. The molecule has 1 aromatic heterocycles. The topological polar surface area (TPSA) is 82.7 Å². The number of benzene rings is 2. The summed E-state index contributed by atoms with van der Waals surface area (Å²) in [5.41, 5.74) is 2.05. The van der Waals surface area contributed by atoms with Crippen LogP contribution in [0.2, 0.25) is 0 Å². The van der Waals surface area contributed by atoms with E-state index >= 15 is 0 Å². The number of anilines is 1. The van der Waals surface area contributed by atoms with Crippen LogP contribution >= 0.6 is 0 Å². The van der Waals surface area contributed by atoms with E-state index in [4.69, 9.17) is 9.47 Å². The van der Waals surface area contributed by atoms with Crippen LogP contribution < -0.4 is 19.7 Å². The van der Waals surface area contributed by atoms with Gasteiger partial charge in [-0.2, -0.15) is 0 Å². The third kappa shape index (κ3) is 4.35. The van der Waals surface area contributed by atoms with Gasteiger partial charge in [-0.25, -0.2) is 9.07 Å². The fraction of sp³-hybridized carbons (Fsp3) is 0.381. The first kappa shape index (κ1) is 20.1. The highest BCUT2D eigenvalue weighted by Gasteiger charge is 2.27. The molecule has 4 rings (SSSR count). The normalized spacial score (nSPS) is 18.9. The molecule has 3 aromatic rings. The first-order valence-corrected chi connectivity index (χ1v) is 9.92. The quantitative estimate of drug-likeness (QED) is 0.638. The van der Waals surface area contributed by atoms with E-state index < -0.39 is 0 Å². The zero-order valence-electron chi connectivity index (χ0n) is 17.0. The summed E-state index contributed by atoms with van der Waals surface area (Å²) in [5.74, 6) is 0.879. The van der Waals surface area contributed by atoms with Crippen LogP contribution in [0.3, 0.4) is 0 Å². The molecule has 0 spiro atoms. The van der Waals surface area contributed by atoms with Crippen molar-refractivity contribution in [3.05, 3.63) is 42.2 Å². The van der Waals surface area contributed by atoms with Crippen LogP contribution in [-0.2, 0) is 4.79 Å². The van der Waals surface area contributed by atoms with Gasteiger partial charge in [-0.15, -0.1) is 5.10 Å². The highest BCUT2D eigenvalue weighted by Crippen LogP contribution is 2.26. The molecule has 2 aromatic carbocycles. The summed E-state index contributed by atoms with van der Waals surface area (Å²) in [4.78, 5) is 13.7. The molecule has 30 heavy (non-hydrogen) atoms. The Bertz CT molecular complexity index is 1020. The lowest BCUT2D eigenvalue weighted by Gasteiger charge is -2.29. The van der Waals surface area contributed by atoms with Crippen molar-refractivity contribution in [1.82, 2.24) is 15.0 Å². The van der Waals surface area contributed by atoms with Crippen molar-refractivity contribution in [2.24, 2.45) is 0 Å². The summed E-state index contributed by atoms with van der Waals surface area (Å²) < 4.78 is 25.7. The first-order chi connectivity index (χ1) is 14.6. The molecule has 0 bridgehead atoms. The van der Waals surface area contributed by atoms with E-state index in [0.717, 1.165) is 31.4 Å². The minimum absolute atomic E-state index is 0.0552.